The van der Waals surface area contributed by atoms with Gasteiger partial charge >= 0.3 is 5.97 Å². The molecule has 2 aromatic rings. The lowest BCUT2D eigenvalue weighted by Crippen LogP contribution is -2.49. The molecule has 0 unspecified atom stereocenters. The smallest absolute Gasteiger partial charge is 0.303 e. The standard InChI is InChI=1S/C36H56O8Si/c1-13-14-27(35(43-26(8)38)28-15-17-31(39-9)33(20-28)41-11)19-30(22-37)36(29-16-18-32(40-10)34(21-29)42-12)44-45(23(2)3,24(4)5)25(6)7/h13,15-18,20-21,23-25,27,30,35-37H,1,14,19,22H2,2-12H3/t27-,30-,35-,36-/m1/s1. The van der Waals surface area contributed by atoms with Gasteiger partial charge in [0.05, 0.1) is 34.5 Å². The molecule has 4 atom stereocenters. The Hall–Kier alpha value is -3.01. The molecule has 2 aromatic carbocycles. The number of methoxy groups -OCH3 is 4. The number of esters is 1. The van der Waals surface area contributed by atoms with Crippen LogP contribution in [0.1, 0.15) is 84.6 Å². The van der Waals surface area contributed by atoms with Crippen molar-refractivity contribution in [1.82, 2.24) is 0 Å². The average Bonchev–Trinajstić information content (AvgIpc) is 3.01. The van der Waals surface area contributed by atoms with E-state index in [0.29, 0.717) is 52.5 Å². The number of hydrogen-bond donors (Lipinski definition) is 1. The van der Waals surface area contributed by atoms with Crippen LogP contribution in [0.15, 0.2) is 49.1 Å². The SMILES string of the molecule is C=CC[C@H](C[C@H](CO)[C@H](O[Si](C(C)C)(C(C)C)C(C)C)c1ccc(OC)c(OC)c1)[C@@H](OC(C)=O)c1ccc(OC)c(OC)c1. The Labute approximate surface area is 272 Å². The Kier molecular flexibility index (Phi) is 14.9. The Bertz CT molecular complexity index is 1210. The molecule has 0 radical (unpaired) electrons. The normalized spacial score (nSPS) is 14.6. The van der Waals surface area contributed by atoms with E-state index in [4.69, 9.17) is 28.1 Å². The molecule has 1 N–H and O–H groups in total. The molecule has 0 amide bonds. The predicted octanol–water partition coefficient (Wildman–Crippen LogP) is 8.45. The first-order chi connectivity index (χ1) is 21.3. The first kappa shape index (κ1) is 38.2. The molecular weight excluding hydrogens is 588 g/mol. The summed E-state index contributed by atoms with van der Waals surface area (Å²) in [5, 5.41) is 11.1. The zero-order valence-corrected chi connectivity index (χ0v) is 30.2. The summed E-state index contributed by atoms with van der Waals surface area (Å²) >= 11 is 0. The molecule has 0 aromatic heterocycles. The molecular formula is C36H56O8Si. The van der Waals surface area contributed by atoms with Crippen LogP contribution in [0.25, 0.3) is 0 Å². The van der Waals surface area contributed by atoms with Gasteiger partial charge in [-0.05, 0) is 64.9 Å². The lowest BCUT2D eigenvalue weighted by molar-refractivity contribution is -0.150. The number of aliphatic hydroxyl groups is 1. The summed E-state index contributed by atoms with van der Waals surface area (Å²) in [7, 11) is 3.95. The summed E-state index contributed by atoms with van der Waals surface area (Å²) in [5.74, 6) is 1.37. The number of rotatable bonds is 19. The largest absolute Gasteiger partial charge is 0.493 e. The molecule has 0 bridgehead atoms. The van der Waals surface area contributed by atoms with Crippen molar-refractivity contribution in [2.45, 2.75) is 90.1 Å². The Morgan fingerprint density at radius 3 is 1.56 bits per heavy atom. The van der Waals surface area contributed by atoms with Crippen molar-refractivity contribution in [3.05, 3.63) is 60.2 Å². The molecule has 8 nitrogen and oxygen atoms in total. The van der Waals surface area contributed by atoms with Gasteiger partial charge in [-0.25, -0.2) is 0 Å². The first-order valence-corrected chi connectivity index (χ1v) is 18.0. The number of hydrogen-bond acceptors (Lipinski definition) is 8. The third-order valence-corrected chi connectivity index (χ3v) is 15.0. The van der Waals surface area contributed by atoms with Gasteiger partial charge in [0, 0.05) is 25.4 Å². The maximum atomic E-state index is 12.5. The number of aliphatic hydroxyl groups excluding tert-OH is 1. The molecule has 2 rings (SSSR count). The molecule has 0 saturated heterocycles. The lowest BCUT2D eigenvalue weighted by Gasteiger charge is -2.46. The number of ether oxygens (including phenoxy) is 5. The zero-order valence-electron chi connectivity index (χ0n) is 29.2. The van der Waals surface area contributed by atoms with Crippen molar-refractivity contribution < 1.29 is 38.0 Å². The van der Waals surface area contributed by atoms with Gasteiger partial charge in [-0.1, -0.05) is 59.8 Å². The average molecular weight is 645 g/mol. The van der Waals surface area contributed by atoms with Gasteiger partial charge in [-0.2, -0.15) is 0 Å². The van der Waals surface area contributed by atoms with Crippen molar-refractivity contribution in [3.63, 3.8) is 0 Å². The van der Waals surface area contributed by atoms with E-state index in [2.05, 4.69) is 48.1 Å². The van der Waals surface area contributed by atoms with Crippen molar-refractivity contribution in [2.24, 2.45) is 11.8 Å². The summed E-state index contributed by atoms with van der Waals surface area (Å²) in [6.07, 6.45) is 1.79. The number of carbonyl (C=O) groups is 1. The third kappa shape index (κ3) is 9.05. The Morgan fingerprint density at radius 2 is 1.20 bits per heavy atom. The van der Waals surface area contributed by atoms with Crippen LogP contribution in [0.2, 0.25) is 16.6 Å². The van der Waals surface area contributed by atoms with Gasteiger partial charge < -0.3 is 33.2 Å². The highest BCUT2D eigenvalue weighted by molar-refractivity contribution is 6.77. The van der Waals surface area contributed by atoms with Gasteiger partial charge in [0.1, 0.15) is 6.10 Å². The Morgan fingerprint density at radius 1 is 0.756 bits per heavy atom. The molecule has 9 heteroatoms. The van der Waals surface area contributed by atoms with Gasteiger partial charge in [0.25, 0.3) is 0 Å². The molecule has 0 heterocycles. The van der Waals surface area contributed by atoms with Gasteiger partial charge in [-0.15, -0.1) is 6.58 Å². The van der Waals surface area contributed by atoms with E-state index in [0.717, 1.165) is 11.1 Å². The summed E-state index contributed by atoms with van der Waals surface area (Å²) in [4.78, 5) is 12.5. The lowest BCUT2D eigenvalue weighted by atomic mass is 9.81. The fraction of sp³-hybridized carbons (Fsp3) is 0.583. The molecule has 45 heavy (non-hydrogen) atoms. The van der Waals surface area contributed by atoms with Crippen molar-refractivity contribution in [1.29, 1.82) is 0 Å². The van der Waals surface area contributed by atoms with Crippen LogP contribution in [0.4, 0.5) is 0 Å². The highest BCUT2D eigenvalue weighted by atomic mass is 28.4. The van der Waals surface area contributed by atoms with E-state index < -0.39 is 26.5 Å². The van der Waals surface area contributed by atoms with E-state index in [9.17, 15) is 9.90 Å². The van der Waals surface area contributed by atoms with Crippen LogP contribution in [0.3, 0.4) is 0 Å². The molecule has 0 spiro atoms. The summed E-state index contributed by atoms with van der Waals surface area (Å²) in [6, 6.07) is 11.4. The maximum absolute atomic E-state index is 12.5. The van der Waals surface area contributed by atoms with Crippen LogP contribution in [-0.4, -0.2) is 54.4 Å². The van der Waals surface area contributed by atoms with Crippen molar-refractivity contribution >= 4 is 14.3 Å². The van der Waals surface area contributed by atoms with E-state index in [1.54, 1.807) is 28.4 Å². The monoisotopic (exact) mass is 644 g/mol. The van der Waals surface area contributed by atoms with Crippen LogP contribution in [-0.2, 0) is 14.0 Å². The predicted molar refractivity (Wildman–Crippen MR) is 182 cm³/mol. The second kappa shape index (κ2) is 17.6. The molecule has 0 fully saturated rings. The molecule has 0 saturated carbocycles. The second-order valence-electron chi connectivity index (χ2n) is 12.6. The fourth-order valence-corrected chi connectivity index (χ4v) is 12.6. The topological polar surface area (TPSA) is 92.7 Å². The highest BCUT2D eigenvalue weighted by Crippen LogP contribution is 2.49. The summed E-state index contributed by atoms with van der Waals surface area (Å²) < 4.78 is 35.7. The summed E-state index contributed by atoms with van der Waals surface area (Å²) in [5.41, 5.74) is 2.64. The quantitative estimate of drug-likeness (QED) is 0.0925. The minimum atomic E-state index is -2.43. The zero-order chi connectivity index (χ0) is 33.9. The summed E-state index contributed by atoms with van der Waals surface area (Å²) in [6.45, 7) is 18.8. The molecule has 252 valence electrons. The third-order valence-electron chi connectivity index (χ3n) is 8.97. The minimum absolute atomic E-state index is 0.135. The second-order valence-corrected chi connectivity index (χ2v) is 18.0. The fourth-order valence-electron chi connectivity index (χ4n) is 6.98. The minimum Gasteiger partial charge on any atom is -0.493 e. The molecule has 0 aliphatic rings. The van der Waals surface area contributed by atoms with Crippen molar-refractivity contribution in [3.8, 4) is 23.0 Å². The first-order valence-electron chi connectivity index (χ1n) is 15.8. The number of carbonyl (C=O) groups excluding carboxylic acids is 1. The molecule has 0 aliphatic heterocycles. The van der Waals surface area contributed by atoms with Crippen molar-refractivity contribution in [2.75, 3.05) is 35.0 Å². The van der Waals surface area contributed by atoms with E-state index in [1.165, 1.54) is 6.92 Å². The van der Waals surface area contributed by atoms with Crippen LogP contribution >= 0.6 is 0 Å². The Balaban J connectivity index is 2.75. The van der Waals surface area contributed by atoms with Gasteiger partial charge in [0.15, 0.2) is 23.0 Å². The van der Waals surface area contributed by atoms with Gasteiger partial charge in [-0.3, -0.25) is 4.79 Å². The molecule has 0 aliphatic carbocycles. The van der Waals surface area contributed by atoms with Crippen LogP contribution in [0, 0.1) is 11.8 Å². The highest BCUT2D eigenvalue weighted by Gasteiger charge is 2.48. The van der Waals surface area contributed by atoms with Gasteiger partial charge in [0.2, 0.25) is 8.32 Å². The maximum Gasteiger partial charge on any atom is 0.303 e. The number of benzene rings is 2. The van der Waals surface area contributed by atoms with E-state index in [1.807, 2.05) is 42.5 Å². The van der Waals surface area contributed by atoms with E-state index >= 15 is 0 Å². The van der Waals surface area contributed by atoms with Crippen LogP contribution < -0.4 is 18.9 Å². The van der Waals surface area contributed by atoms with E-state index in [-0.39, 0.29) is 18.4 Å². The number of allylic oxidation sites excluding steroid dienone is 1. The van der Waals surface area contributed by atoms with Crippen LogP contribution in [0.5, 0.6) is 23.0 Å².